The van der Waals surface area contributed by atoms with Crippen LogP contribution in [0, 0.1) is 18.3 Å². The van der Waals surface area contributed by atoms with Gasteiger partial charge in [-0.25, -0.2) is 0 Å². The van der Waals surface area contributed by atoms with Crippen LogP contribution in [0.25, 0.3) is 11.1 Å². The first kappa shape index (κ1) is 19.9. The minimum atomic E-state index is 0.106. The van der Waals surface area contributed by atoms with Crippen molar-refractivity contribution in [1.82, 2.24) is 15.1 Å². The van der Waals surface area contributed by atoms with E-state index in [0.717, 1.165) is 53.0 Å². The van der Waals surface area contributed by atoms with E-state index in [0.29, 0.717) is 5.92 Å². The SMILES string of the molecule is Cc1ccc(C(=O)N2CC(CNc3ccc(-c4cn[nH]c4)cc3C=N)CC2C)cc1. The first-order chi connectivity index (χ1) is 14.5. The highest BCUT2D eigenvalue weighted by Crippen LogP contribution is 2.27. The molecule has 1 aromatic heterocycles. The molecule has 154 valence electrons. The summed E-state index contributed by atoms with van der Waals surface area (Å²) in [4.78, 5) is 14.9. The summed E-state index contributed by atoms with van der Waals surface area (Å²) in [6, 6.07) is 14.0. The molecule has 2 heterocycles. The van der Waals surface area contributed by atoms with Gasteiger partial charge in [-0.3, -0.25) is 9.89 Å². The van der Waals surface area contributed by atoms with Crippen molar-refractivity contribution in [3.05, 3.63) is 71.5 Å². The highest BCUT2D eigenvalue weighted by atomic mass is 16.2. The molecule has 0 aliphatic carbocycles. The zero-order valence-corrected chi connectivity index (χ0v) is 17.4. The van der Waals surface area contributed by atoms with Crippen molar-refractivity contribution < 1.29 is 4.79 Å². The number of aromatic nitrogens is 2. The number of carbonyl (C=O) groups is 1. The lowest BCUT2D eigenvalue weighted by Gasteiger charge is -2.21. The normalized spacial score (nSPS) is 18.4. The van der Waals surface area contributed by atoms with Crippen molar-refractivity contribution in [1.29, 1.82) is 5.41 Å². The van der Waals surface area contributed by atoms with Crippen LogP contribution in [0.5, 0.6) is 0 Å². The number of hydrogen-bond donors (Lipinski definition) is 3. The van der Waals surface area contributed by atoms with Crippen LogP contribution in [0.15, 0.2) is 54.9 Å². The van der Waals surface area contributed by atoms with Crippen molar-refractivity contribution in [2.24, 2.45) is 5.92 Å². The maximum absolute atomic E-state index is 12.9. The summed E-state index contributed by atoms with van der Waals surface area (Å²) in [5, 5.41) is 18.1. The van der Waals surface area contributed by atoms with E-state index >= 15 is 0 Å². The van der Waals surface area contributed by atoms with Gasteiger partial charge in [0.15, 0.2) is 0 Å². The number of amides is 1. The van der Waals surface area contributed by atoms with E-state index in [1.54, 1.807) is 6.20 Å². The van der Waals surface area contributed by atoms with Crippen molar-refractivity contribution >= 4 is 17.8 Å². The molecule has 1 aliphatic heterocycles. The zero-order chi connectivity index (χ0) is 21.1. The fraction of sp³-hybridized carbons (Fsp3) is 0.292. The molecule has 1 aliphatic rings. The zero-order valence-electron chi connectivity index (χ0n) is 17.4. The van der Waals surface area contributed by atoms with Gasteiger partial charge in [0.1, 0.15) is 0 Å². The smallest absolute Gasteiger partial charge is 0.254 e. The third kappa shape index (κ3) is 4.13. The number of nitrogens with zero attached hydrogens (tertiary/aromatic N) is 2. The molecule has 30 heavy (non-hydrogen) atoms. The number of rotatable bonds is 6. The van der Waals surface area contributed by atoms with Crippen LogP contribution >= 0.6 is 0 Å². The molecule has 2 unspecified atom stereocenters. The molecule has 1 amide bonds. The lowest BCUT2D eigenvalue weighted by molar-refractivity contribution is 0.0743. The summed E-state index contributed by atoms with van der Waals surface area (Å²) >= 11 is 0. The Morgan fingerprint density at radius 1 is 1.27 bits per heavy atom. The van der Waals surface area contributed by atoms with Gasteiger partial charge in [0.2, 0.25) is 0 Å². The van der Waals surface area contributed by atoms with Gasteiger partial charge in [-0.15, -0.1) is 0 Å². The highest BCUT2D eigenvalue weighted by Gasteiger charge is 2.32. The molecule has 6 heteroatoms. The molecule has 0 radical (unpaired) electrons. The van der Waals surface area contributed by atoms with E-state index < -0.39 is 0 Å². The lowest BCUT2D eigenvalue weighted by atomic mass is 10.0. The number of anilines is 1. The Kier molecular flexibility index (Phi) is 5.65. The van der Waals surface area contributed by atoms with Crippen molar-refractivity contribution in [2.45, 2.75) is 26.3 Å². The monoisotopic (exact) mass is 401 g/mol. The van der Waals surface area contributed by atoms with Gasteiger partial charge < -0.3 is 15.6 Å². The maximum atomic E-state index is 12.9. The fourth-order valence-electron chi connectivity index (χ4n) is 4.12. The molecule has 4 rings (SSSR count). The fourth-order valence-corrected chi connectivity index (χ4v) is 4.12. The van der Waals surface area contributed by atoms with E-state index in [1.807, 2.05) is 60.5 Å². The Bertz CT molecular complexity index is 1030. The van der Waals surface area contributed by atoms with Gasteiger partial charge in [-0.2, -0.15) is 5.10 Å². The Morgan fingerprint density at radius 3 is 2.77 bits per heavy atom. The third-order valence-electron chi connectivity index (χ3n) is 5.84. The molecular formula is C24H27N5O. The number of carbonyl (C=O) groups excluding carboxylic acids is 1. The van der Waals surface area contributed by atoms with Gasteiger partial charge >= 0.3 is 0 Å². The second-order valence-corrected chi connectivity index (χ2v) is 8.09. The van der Waals surface area contributed by atoms with E-state index in [-0.39, 0.29) is 11.9 Å². The standard InChI is InChI=1S/C24H27N5O/c1-16-3-5-19(6-4-16)24(30)29-15-18(9-17(29)2)12-26-23-8-7-20(10-21(23)11-25)22-13-27-28-14-22/h3-8,10-11,13-14,17-18,25-26H,9,12,15H2,1-2H3,(H,27,28). The highest BCUT2D eigenvalue weighted by molar-refractivity contribution is 5.94. The van der Waals surface area contributed by atoms with Crippen LogP contribution in [0.1, 0.15) is 34.8 Å². The topological polar surface area (TPSA) is 84.9 Å². The first-order valence-corrected chi connectivity index (χ1v) is 10.3. The molecule has 6 nitrogen and oxygen atoms in total. The van der Waals surface area contributed by atoms with Crippen LogP contribution < -0.4 is 5.32 Å². The number of likely N-dealkylation sites (tertiary alicyclic amines) is 1. The number of hydrogen-bond acceptors (Lipinski definition) is 4. The second kappa shape index (κ2) is 8.53. The summed E-state index contributed by atoms with van der Waals surface area (Å²) in [5.74, 6) is 0.483. The van der Waals surface area contributed by atoms with Crippen molar-refractivity contribution in [3.63, 3.8) is 0 Å². The van der Waals surface area contributed by atoms with Gasteiger partial charge in [0.25, 0.3) is 5.91 Å². The molecule has 1 fully saturated rings. The maximum Gasteiger partial charge on any atom is 0.254 e. The average molecular weight is 402 g/mol. The van der Waals surface area contributed by atoms with Crippen LogP contribution in [0.3, 0.4) is 0 Å². The second-order valence-electron chi connectivity index (χ2n) is 8.09. The lowest BCUT2D eigenvalue weighted by Crippen LogP contribution is -2.34. The van der Waals surface area contributed by atoms with Crippen molar-refractivity contribution in [3.8, 4) is 11.1 Å². The largest absolute Gasteiger partial charge is 0.384 e. The molecule has 0 spiro atoms. The molecule has 2 aromatic carbocycles. The molecule has 3 aromatic rings. The number of aryl methyl sites for hydroxylation is 1. The predicted octanol–water partition coefficient (Wildman–Crippen LogP) is 4.35. The van der Waals surface area contributed by atoms with Gasteiger partial charge in [0, 0.05) is 53.9 Å². The predicted molar refractivity (Wildman–Crippen MR) is 120 cm³/mol. The van der Waals surface area contributed by atoms with Gasteiger partial charge in [-0.05, 0) is 56.0 Å². The van der Waals surface area contributed by atoms with Gasteiger partial charge in [-0.1, -0.05) is 23.8 Å². The number of benzene rings is 2. The minimum Gasteiger partial charge on any atom is -0.384 e. The first-order valence-electron chi connectivity index (χ1n) is 10.3. The van der Waals surface area contributed by atoms with Gasteiger partial charge in [0.05, 0.1) is 6.20 Å². The molecule has 0 saturated carbocycles. The summed E-state index contributed by atoms with van der Waals surface area (Å²) in [7, 11) is 0. The van der Waals surface area contributed by atoms with Crippen LogP contribution in [0.2, 0.25) is 0 Å². The Hall–Kier alpha value is -3.41. The molecule has 0 bridgehead atoms. The van der Waals surface area contributed by atoms with Crippen molar-refractivity contribution in [2.75, 3.05) is 18.4 Å². The average Bonchev–Trinajstić information content (AvgIpc) is 3.42. The third-order valence-corrected chi connectivity index (χ3v) is 5.84. The number of aromatic amines is 1. The van der Waals surface area contributed by atoms with Crippen LogP contribution in [0.4, 0.5) is 5.69 Å². The Labute approximate surface area is 176 Å². The van der Waals surface area contributed by atoms with E-state index in [4.69, 9.17) is 5.41 Å². The summed E-state index contributed by atoms with van der Waals surface area (Å²) in [5.41, 5.74) is 5.71. The molecule has 2 atom stereocenters. The Balaban J connectivity index is 1.40. The quantitative estimate of drug-likeness (QED) is 0.537. The molecule has 1 saturated heterocycles. The van der Waals surface area contributed by atoms with E-state index in [1.165, 1.54) is 6.21 Å². The summed E-state index contributed by atoms with van der Waals surface area (Å²) in [6.45, 7) is 5.66. The van der Waals surface area contributed by atoms with Crippen LogP contribution in [-0.4, -0.2) is 46.4 Å². The van der Waals surface area contributed by atoms with E-state index in [2.05, 4.69) is 22.4 Å². The van der Waals surface area contributed by atoms with E-state index in [9.17, 15) is 4.79 Å². The minimum absolute atomic E-state index is 0.106. The summed E-state index contributed by atoms with van der Waals surface area (Å²) in [6.07, 6.45) is 5.96. The molecular weight excluding hydrogens is 374 g/mol. The summed E-state index contributed by atoms with van der Waals surface area (Å²) < 4.78 is 0. The van der Waals surface area contributed by atoms with Crippen LogP contribution in [-0.2, 0) is 0 Å². The number of H-pyrrole nitrogens is 1. The number of nitrogens with one attached hydrogen (secondary N) is 3. The Morgan fingerprint density at radius 2 is 2.07 bits per heavy atom. The molecule has 3 N–H and O–H groups in total.